The Balaban J connectivity index is 0.00000205. The highest BCUT2D eigenvalue weighted by Gasteiger charge is 2.51. The Labute approximate surface area is 178 Å². The van der Waals surface area contributed by atoms with Crippen molar-refractivity contribution in [3.8, 4) is 5.75 Å². The molecule has 4 fully saturated rings. The quantitative estimate of drug-likeness (QED) is 0.814. The van der Waals surface area contributed by atoms with Gasteiger partial charge in [-0.15, -0.1) is 12.4 Å². The fourth-order valence-corrected chi connectivity index (χ4v) is 5.73. The molecule has 2 bridgehead atoms. The molecule has 1 aromatic carbocycles. The molecule has 7 heteroatoms. The molecule has 0 radical (unpaired) electrons. The summed E-state index contributed by atoms with van der Waals surface area (Å²) in [6.07, 6.45) is 4.52. The van der Waals surface area contributed by atoms with Gasteiger partial charge in [-0.05, 0) is 43.9 Å². The van der Waals surface area contributed by atoms with E-state index in [0.29, 0.717) is 25.4 Å². The zero-order valence-corrected chi connectivity index (χ0v) is 17.5. The van der Waals surface area contributed by atoms with Crippen LogP contribution in [-0.2, 0) is 9.59 Å². The first kappa shape index (κ1) is 20.5. The van der Waals surface area contributed by atoms with Gasteiger partial charge in [0.2, 0.25) is 11.8 Å². The molecule has 4 heterocycles. The molecule has 6 nitrogen and oxygen atoms in total. The van der Waals surface area contributed by atoms with Crippen LogP contribution in [0.4, 0.5) is 0 Å². The van der Waals surface area contributed by atoms with Crippen molar-refractivity contribution in [3.63, 3.8) is 0 Å². The van der Waals surface area contributed by atoms with E-state index in [1.807, 2.05) is 40.1 Å². The predicted molar refractivity (Wildman–Crippen MR) is 112 cm³/mol. The van der Waals surface area contributed by atoms with Crippen molar-refractivity contribution in [1.82, 2.24) is 15.1 Å². The van der Waals surface area contributed by atoms with Gasteiger partial charge in [-0.2, -0.15) is 0 Å². The lowest BCUT2D eigenvalue weighted by molar-refractivity contribution is -0.161. The number of halogens is 1. The fraction of sp³-hybridized carbons (Fsp3) is 0.636. The summed E-state index contributed by atoms with van der Waals surface area (Å²) in [5.74, 6) is 1.90. The van der Waals surface area contributed by atoms with Gasteiger partial charge in [-0.3, -0.25) is 9.59 Å². The minimum Gasteiger partial charge on any atom is -0.489 e. The second kappa shape index (κ2) is 8.52. The number of nitrogens with one attached hydrogen (secondary N) is 1. The SMILES string of the molecule is Cl.O=C([C@H]1[C@@H]2CNC[C@@H](C2)[C@@H]2CCCC(=O)N21)N1CC[C@@H](Oc2ccccc2)C1. The Morgan fingerprint density at radius 1 is 1.10 bits per heavy atom. The summed E-state index contributed by atoms with van der Waals surface area (Å²) < 4.78 is 6.07. The maximum atomic E-state index is 13.5. The van der Waals surface area contributed by atoms with Gasteiger partial charge in [0.05, 0.1) is 6.54 Å². The summed E-state index contributed by atoms with van der Waals surface area (Å²) in [6.45, 7) is 3.13. The first-order chi connectivity index (χ1) is 13.7. The number of amides is 2. The lowest BCUT2D eigenvalue weighted by Crippen LogP contribution is -2.68. The van der Waals surface area contributed by atoms with Crippen molar-refractivity contribution >= 4 is 24.2 Å². The fourth-order valence-electron chi connectivity index (χ4n) is 5.73. The number of carbonyl (C=O) groups is 2. The molecule has 1 aromatic rings. The Bertz CT molecular complexity index is 746. The molecule has 4 aliphatic rings. The third-order valence-electron chi connectivity index (χ3n) is 7.00. The van der Waals surface area contributed by atoms with E-state index in [2.05, 4.69) is 5.32 Å². The average molecular weight is 420 g/mol. The highest BCUT2D eigenvalue weighted by atomic mass is 35.5. The standard InChI is InChI=1S/C22H29N3O3.ClH/c26-20-8-4-7-19-15-11-16(13-23-12-15)21(25(19)20)22(27)24-10-9-18(14-24)28-17-5-2-1-3-6-17;/h1-3,5-6,15-16,18-19,21,23H,4,7-14H2;1H/t15-,16+,18-,19+,21-;/m1./s1. The van der Waals surface area contributed by atoms with Crippen LogP contribution in [0.3, 0.4) is 0 Å². The van der Waals surface area contributed by atoms with Crippen molar-refractivity contribution in [2.24, 2.45) is 11.8 Å². The number of carbonyl (C=O) groups excluding carboxylic acids is 2. The topological polar surface area (TPSA) is 61.9 Å². The molecule has 0 unspecified atom stereocenters. The van der Waals surface area contributed by atoms with E-state index in [-0.39, 0.29) is 48.3 Å². The number of fused-ring (bicyclic) bond motifs is 4. The van der Waals surface area contributed by atoms with Crippen molar-refractivity contribution in [2.45, 2.75) is 50.3 Å². The van der Waals surface area contributed by atoms with Crippen LogP contribution in [0.1, 0.15) is 32.1 Å². The molecule has 5 rings (SSSR count). The normalized spacial score (nSPS) is 33.7. The number of benzene rings is 1. The number of nitrogens with zero attached hydrogens (tertiary/aromatic N) is 2. The predicted octanol–water partition coefficient (Wildman–Crippen LogP) is 2.08. The molecule has 1 N–H and O–H groups in total. The number of para-hydroxylation sites is 1. The molecular formula is C22H30ClN3O3. The Morgan fingerprint density at radius 3 is 2.72 bits per heavy atom. The first-order valence-corrected chi connectivity index (χ1v) is 10.7. The zero-order valence-electron chi connectivity index (χ0n) is 16.7. The summed E-state index contributed by atoms with van der Waals surface area (Å²) in [4.78, 5) is 30.3. The molecule has 0 aromatic heterocycles. The Hall–Kier alpha value is -1.79. The maximum Gasteiger partial charge on any atom is 0.245 e. The summed E-state index contributed by atoms with van der Waals surface area (Å²) in [6, 6.07) is 9.74. The smallest absolute Gasteiger partial charge is 0.245 e. The maximum absolute atomic E-state index is 13.5. The van der Waals surface area contributed by atoms with Gasteiger partial charge >= 0.3 is 0 Å². The monoisotopic (exact) mass is 419 g/mol. The molecule has 5 atom stereocenters. The van der Waals surface area contributed by atoms with Crippen LogP contribution in [-0.4, -0.2) is 66.0 Å². The van der Waals surface area contributed by atoms with Crippen LogP contribution >= 0.6 is 12.4 Å². The summed E-state index contributed by atoms with van der Waals surface area (Å²) in [5, 5.41) is 3.52. The lowest BCUT2D eigenvalue weighted by atomic mass is 9.72. The van der Waals surface area contributed by atoms with Crippen molar-refractivity contribution in [2.75, 3.05) is 26.2 Å². The Morgan fingerprint density at radius 2 is 1.90 bits per heavy atom. The van der Waals surface area contributed by atoms with Gasteiger partial charge in [0.1, 0.15) is 17.9 Å². The van der Waals surface area contributed by atoms with Crippen molar-refractivity contribution in [1.29, 1.82) is 0 Å². The molecule has 29 heavy (non-hydrogen) atoms. The number of rotatable bonds is 3. The first-order valence-electron chi connectivity index (χ1n) is 10.7. The molecular weight excluding hydrogens is 390 g/mol. The van der Waals surface area contributed by atoms with E-state index in [0.717, 1.165) is 44.5 Å². The minimum absolute atomic E-state index is 0. The average Bonchev–Trinajstić information content (AvgIpc) is 3.18. The van der Waals surface area contributed by atoms with Gasteiger partial charge in [-0.1, -0.05) is 18.2 Å². The summed E-state index contributed by atoms with van der Waals surface area (Å²) in [5.41, 5.74) is 0. The van der Waals surface area contributed by atoms with Crippen LogP contribution in [0.15, 0.2) is 30.3 Å². The van der Waals surface area contributed by atoms with Gasteiger partial charge in [0.15, 0.2) is 0 Å². The summed E-state index contributed by atoms with van der Waals surface area (Å²) in [7, 11) is 0. The van der Waals surface area contributed by atoms with Crippen LogP contribution in [0.5, 0.6) is 5.75 Å². The van der Waals surface area contributed by atoms with E-state index in [1.54, 1.807) is 0 Å². The van der Waals surface area contributed by atoms with Gasteiger partial charge in [-0.25, -0.2) is 0 Å². The van der Waals surface area contributed by atoms with Crippen molar-refractivity contribution in [3.05, 3.63) is 30.3 Å². The van der Waals surface area contributed by atoms with Crippen LogP contribution in [0, 0.1) is 11.8 Å². The third-order valence-corrected chi connectivity index (χ3v) is 7.00. The molecule has 4 saturated heterocycles. The number of hydrogen-bond donors (Lipinski definition) is 1. The lowest BCUT2D eigenvalue weighted by Gasteiger charge is -2.54. The minimum atomic E-state index is -0.294. The highest BCUT2D eigenvalue weighted by Crippen LogP contribution is 2.40. The van der Waals surface area contributed by atoms with Gasteiger partial charge in [0, 0.05) is 37.9 Å². The molecule has 2 amide bonds. The molecule has 0 spiro atoms. The second-order valence-electron chi connectivity index (χ2n) is 8.75. The van der Waals surface area contributed by atoms with E-state index >= 15 is 0 Å². The van der Waals surface area contributed by atoms with E-state index in [9.17, 15) is 9.59 Å². The number of hydrogen-bond acceptors (Lipinski definition) is 4. The van der Waals surface area contributed by atoms with Crippen molar-refractivity contribution < 1.29 is 14.3 Å². The van der Waals surface area contributed by atoms with Crippen LogP contribution in [0.2, 0.25) is 0 Å². The van der Waals surface area contributed by atoms with E-state index < -0.39 is 0 Å². The Kier molecular flexibility index (Phi) is 6.02. The van der Waals surface area contributed by atoms with E-state index in [1.165, 1.54) is 0 Å². The number of ether oxygens (including phenoxy) is 1. The highest BCUT2D eigenvalue weighted by molar-refractivity contribution is 5.89. The molecule has 158 valence electrons. The largest absolute Gasteiger partial charge is 0.489 e. The van der Waals surface area contributed by atoms with Gasteiger partial charge < -0.3 is 19.9 Å². The number of piperidine rings is 3. The summed E-state index contributed by atoms with van der Waals surface area (Å²) >= 11 is 0. The third kappa shape index (κ3) is 3.84. The zero-order chi connectivity index (χ0) is 19.1. The molecule has 4 aliphatic heterocycles. The van der Waals surface area contributed by atoms with E-state index in [4.69, 9.17) is 4.74 Å². The second-order valence-corrected chi connectivity index (χ2v) is 8.75. The van der Waals surface area contributed by atoms with Gasteiger partial charge in [0.25, 0.3) is 0 Å². The molecule has 0 aliphatic carbocycles. The number of likely N-dealkylation sites (tertiary alicyclic amines) is 1. The molecule has 0 saturated carbocycles. The van der Waals surface area contributed by atoms with Crippen LogP contribution < -0.4 is 10.1 Å². The van der Waals surface area contributed by atoms with Crippen LogP contribution in [0.25, 0.3) is 0 Å².